The largest absolute Gasteiger partial charge is 0.394 e. The lowest BCUT2D eigenvalue weighted by atomic mass is 9.99. The molecular formula is C33H67NO4. The molecule has 0 aliphatic heterocycles. The van der Waals surface area contributed by atoms with E-state index in [0.29, 0.717) is 12.8 Å². The van der Waals surface area contributed by atoms with Gasteiger partial charge in [0.15, 0.2) is 0 Å². The molecular weight excluding hydrogens is 474 g/mol. The average Bonchev–Trinajstić information content (AvgIpc) is 2.92. The van der Waals surface area contributed by atoms with Crippen molar-refractivity contribution in [3.05, 3.63) is 0 Å². The van der Waals surface area contributed by atoms with Crippen LogP contribution < -0.4 is 5.32 Å². The number of hydrogen-bond donors (Lipinski definition) is 4. The second-order valence-corrected chi connectivity index (χ2v) is 11.7. The molecule has 0 aromatic carbocycles. The number of unbranched alkanes of at least 4 members (excludes halogenated alkanes) is 22. The lowest BCUT2D eigenvalue weighted by Crippen LogP contribution is -2.50. The Balaban J connectivity index is 3.69. The Bertz CT molecular complexity index is 488. The Morgan fingerprint density at radius 3 is 1.26 bits per heavy atom. The summed E-state index contributed by atoms with van der Waals surface area (Å²) in [6, 6.07) is -0.799. The third-order valence-corrected chi connectivity index (χ3v) is 7.96. The molecule has 0 aliphatic rings. The van der Waals surface area contributed by atoms with Crippen LogP contribution in [0.25, 0.3) is 0 Å². The number of nitrogens with one attached hydrogen (secondary N) is 1. The highest BCUT2D eigenvalue weighted by molar-refractivity contribution is 5.76. The molecule has 5 heteroatoms. The van der Waals surface area contributed by atoms with Gasteiger partial charge in [0.05, 0.1) is 18.8 Å². The number of amides is 1. The van der Waals surface area contributed by atoms with Crippen LogP contribution in [0, 0.1) is 0 Å². The molecule has 0 radical (unpaired) electrons. The van der Waals surface area contributed by atoms with Gasteiger partial charge in [0.1, 0.15) is 6.10 Å². The maximum absolute atomic E-state index is 12.3. The molecule has 0 aromatic rings. The van der Waals surface area contributed by atoms with Crippen LogP contribution in [0.5, 0.6) is 0 Å². The Kier molecular flexibility index (Phi) is 28.8. The molecule has 0 heterocycles. The zero-order valence-corrected chi connectivity index (χ0v) is 25.6. The van der Waals surface area contributed by atoms with E-state index < -0.39 is 18.2 Å². The maximum atomic E-state index is 12.3. The van der Waals surface area contributed by atoms with Gasteiger partial charge in [0.25, 0.3) is 0 Å². The summed E-state index contributed by atoms with van der Waals surface area (Å²) >= 11 is 0. The van der Waals surface area contributed by atoms with E-state index in [9.17, 15) is 20.1 Å². The van der Waals surface area contributed by atoms with Gasteiger partial charge in [-0.1, -0.05) is 162 Å². The quantitative estimate of drug-likeness (QED) is 0.0688. The number of carbonyl (C=O) groups is 1. The molecule has 38 heavy (non-hydrogen) atoms. The van der Waals surface area contributed by atoms with E-state index >= 15 is 0 Å². The van der Waals surface area contributed by atoms with E-state index in [-0.39, 0.29) is 12.5 Å². The summed E-state index contributed by atoms with van der Waals surface area (Å²) in [6.45, 7) is 4.14. The molecule has 228 valence electrons. The molecule has 0 spiro atoms. The van der Waals surface area contributed by atoms with Gasteiger partial charge < -0.3 is 20.6 Å². The molecule has 0 aliphatic carbocycles. The normalized spacial score (nSPS) is 13.9. The van der Waals surface area contributed by atoms with Crippen molar-refractivity contribution in [1.82, 2.24) is 5.32 Å². The van der Waals surface area contributed by atoms with E-state index in [2.05, 4.69) is 19.2 Å². The van der Waals surface area contributed by atoms with Crippen molar-refractivity contribution in [1.29, 1.82) is 0 Å². The number of aliphatic hydroxyl groups excluding tert-OH is 3. The molecule has 1 amide bonds. The van der Waals surface area contributed by atoms with Crippen molar-refractivity contribution < 1.29 is 20.1 Å². The lowest BCUT2D eigenvalue weighted by molar-refractivity contribution is -0.124. The molecule has 3 atom stereocenters. The van der Waals surface area contributed by atoms with Gasteiger partial charge in [0.2, 0.25) is 5.91 Å². The van der Waals surface area contributed by atoms with Crippen LogP contribution in [0.4, 0.5) is 0 Å². The Morgan fingerprint density at radius 1 is 0.553 bits per heavy atom. The van der Waals surface area contributed by atoms with Gasteiger partial charge in [0, 0.05) is 6.42 Å². The van der Waals surface area contributed by atoms with Crippen LogP contribution >= 0.6 is 0 Å². The summed E-state index contributed by atoms with van der Waals surface area (Å²) in [5.74, 6) is -0.145. The second-order valence-electron chi connectivity index (χ2n) is 11.7. The zero-order chi connectivity index (χ0) is 28.1. The fourth-order valence-corrected chi connectivity index (χ4v) is 5.28. The topological polar surface area (TPSA) is 89.8 Å². The van der Waals surface area contributed by atoms with Gasteiger partial charge in [-0.3, -0.25) is 4.79 Å². The SMILES string of the molecule is CCCCCCCCCCCCCCCCC(=O)N[C@@H](CO)[C@H](O)[C@H](O)CCCCCCCCCCCC. The molecule has 4 N–H and O–H groups in total. The van der Waals surface area contributed by atoms with E-state index in [1.165, 1.54) is 116 Å². The first kappa shape index (κ1) is 37.4. The zero-order valence-electron chi connectivity index (χ0n) is 25.6. The molecule has 0 rings (SSSR count). The molecule has 0 unspecified atom stereocenters. The number of aliphatic hydroxyl groups is 3. The van der Waals surface area contributed by atoms with E-state index in [1.54, 1.807) is 0 Å². The monoisotopic (exact) mass is 542 g/mol. The summed E-state index contributed by atoms with van der Waals surface area (Å²) < 4.78 is 0. The van der Waals surface area contributed by atoms with Crippen molar-refractivity contribution in [2.75, 3.05) is 6.61 Å². The molecule has 0 fully saturated rings. The lowest BCUT2D eigenvalue weighted by Gasteiger charge is -2.26. The number of carbonyl (C=O) groups excluding carboxylic acids is 1. The predicted octanol–water partition coefficient (Wildman–Crippen LogP) is 8.37. The minimum atomic E-state index is -1.13. The summed E-state index contributed by atoms with van der Waals surface area (Å²) in [5.41, 5.74) is 0. The van der Waals surface area contributed by atoms with Crippen LogP contribution in [0.1, 0.15) is 181 Å². The smallest absolute Gasteiger partial charge is 0.220 e. The third kappa shape index (κ3) is 24.4. The summed E-state index contributed by atoms with van der Waals surface area (Å²) in [4.78, 5) is 12.3. The van der Waals surface area contributed by atoms with Crippen LogP contribution in [0.3, 0.4) is 0 Å². The molecule has 5 nitrogen and oxygen atoms in total. The van der Waals surface area contributed by atoms with E-state index in [4.69, 9.17) is 0 Å². The van der Waals surface area contributed by atoms with Crippen LogP contribution in [-0.2, 0) is 4.79 Å². The van der Waals surface area contributed by atoms with E-state index in [0.717, 1.165) is 38.5 Å². The maximum Gasteiger partial charge on any atom is 0.220 e. The van der Waals surface area contributed by atoms with E-state index in [1.807, 2.05) is 0 Å². The minimum absolute atomic E-state index is 0.145. The predicted molar refractivity (Wildman–Crippen MR) is 162 cm³/mol. The molecule has 0 bridgehead atoms. The van der Waals surface area contributed by atoms with Crippen molar-refractivity contribution >= 4 is 5.91 Å². The van der Waals surface area contributed by atoms with Crippen molar-refractivity contribution in [2.24, 2.45) is 0 Å². The summed E-state index contributed by atoms with van der Waals surface area (Å²) in [6.07, 6.45) is 29.0. The molecule has 0 aromatic heterocycles. The molecule has 0 saturated heterocycles. The Labute approximate surface area is 237 Å². The fourth-order valence-electron chi connectivity index (χ4n) is 5.28. The van der Waals surface area contributed by atoms with Crippen molar-refractivity contribution in [2.45, 2.75) is 199 Å². The number of rotatable bonds is 30. The Morgan fingerprint density at radius 2 is 0.895 bits per heavy atom. The first-order valence-electron chi connectivity index (χ1n) is 16.8. The standard InChI is InChI=1S/C33H67NO4/c1-3-5-7-9-11-13-15-16-17-18-20-22-24-26-28-32(37)34-30(29-35)33(38)31(36)27-25-23-21-19-14-12-10-8-6-4-2/h30-31,33,35-36,38H,3-29H2,1-2H3,(H,34,37)/t30-,31+,33-/m0/s1. The van der Waals surface area contributed by atoms with Crippen LogP contribution in [0.15, 0.2) is 0 Å². The fraction of sp³-hybridized carbons (Fsp3) is 0.970. The van der Waals surface area contributed by atoms with Gasteiger partial charge >= 0.3 is 0 Å². The first-order valence-corrected chi connectivity index (χ1v) is 16.8. The third-order valence-electron chi connectivity index (χ3n) is 7.96. The minimum Gasteiger partial charge on any atom is -0.394 e. The summed E-state index contributed by atoms with van der Waals surface area (Å²) in [5, 5.41) is 33.2. The van der Waals surface area contributed by atoms with Gasteiger partial charge in [-0.15, -0.1) is 0 Å². The highest BCUT2D eigenvalue weighted by atomic mass is 16.3. The highest BCUT2D eigenvalue weighted by Gasteiger charge is 2.26. The van der Waals surface area contributed by atoms with Crippen molar-refractivity contribution in [3.63, 3.8) is 0 Å². The van der Waals surface area contributed by atoms with Crippen molar-refractivity contribution in [3.8, 4) is 0 Å². The van der Waals surface area contributed by atoms with Gasteiger partial charge in [-0.2, -0.15) is 0 Å². The van der Waals surface area contributed by atoms with Crippen LogP contribution in [-0.4, -0.2) is 46.1 Å². The average molecular weight is 542 g/mol. The summed E-state index contributed by atoms with van der Waals surface area (Å²) in [7, 11) is 0. The van der Waals surface area contributed by atoms with Gasteiger partial charge in [-0.25, -0.2) is 0 Å². The molecule has 0 saturated carbocycles. The Hall–Kier alpha value is -0.650. The highest BCUT2D eigenvalue weighted by Crippen LogP contribution is 2.15. The first-order chi connectivity index (χ1) is 18.6. The van der Waals surface area contributed by atoms with Gasteiger partial charge in [-0.05, 0) is 12.8 Å². The second kappa shape index (κ2) is 29.3. The number of hydrogen-bond acceptors (Lipinski definition) is 4. The van der Waals surface area contributed by atoms with Crippen LogP contribution in [0.2, 0.25) is 0 Å².